The third-order valence-corrected chi connectivity index (χ3v) is 5.01. The van der Waals surface area contributed by atoms with E-state index in [2.05, 4.69) is 20.3 Å². The number of benzene rings is 2. The Labute approximate surface area is 174 Å². The van der Waals surface area contributed by atoms with Crippen LogP contribution in [0.1, 0.15) is 5.69 Å². The van der Waals surface area contributed by atoms with Crippen LogP contribution in [0.25, 0.3) is 39.2 Å². The normalized spacial score (nSPS) is 11.3. The maximum absolute atomic E-state index is 12.7. The van der Waals surface area contributed by atoms with Crippen LogP contribution in [0.4, 0.5) is 0 Å². The molecule has 0 aliphatic rings. The molecule has 0 saturated heterocycles. The minimum atomic E-state index is -0.532. The summed E-state index contributed by atoms with van der Waals surface area (Å²) in [5, 5.41) is 9.34. The average Bonchev–Trinajstić information content (AvgIpc) is 3.18. The maximum atomic E-state index is 12.7. The van der Waals surface area contributed by atoms with Gasteiger partial charge in [0, 0.05) is 10.6 Å². The molecule has 148 valence electrons. The molecule has 2 aromatic carbocycles. The van der Waals surface area contributed by atoms with Gasteiger partial charge in [0.2, 0.25) is 5.89 Å². The summed E-state index contributed by atoms with van der Waals surface area (Å²) >= 11 is 5.95. The van der Waals surface area contributed by atoms with Crippen molar-refractivity contribution in [2.75, 3.05) is 7.11 Å². The summed E-state index contributed by atoms with van der Waals surface area (Å²) in [4.78, 5) is 21.8. The number of nitrogens with zero attached hydrogens (tertiary/aromatic N) is 5. The molecule has 0 bridgehead atoms. The van der Waals surface area contributed by atoms with Crippen molar-refractivity contribution in [3.63, 3.8) is 0 Å². The van der Waals surface area contributed by atoms with Crippen molar-refractivity contribution in [1.82, 2.24) is 25.0 Å². The maximum Gasteiger partial charge on any atom is 0.349 e. The minimum Gasteiger partial charge on any atom is -0.497 e. The molecule has 0 aliphatic heterocycles. The Hall–Kier alpha value is -3.78. The number of pyridine rings is 1. The van der Waals surface area contributed by atoms with Gasteiger partial charge in [-0.2, -0.15) is 4.68 Å². The van der Waals surface area contributed by atoms with Gasteiger partial charge in [0.25, 0.3) is 0 Å². The zero-order valence-electron chi connectivity index (χ0n) is 16.0. The summed E-state index contributed by atoms with van der Waals surface area (Å²) < 4.78 is 12.2. The lowest BCUT2D eigenvalue weighted by Gasteiger charge is -2.06. The van der Waals surface area contributed by atoms with E-state index in [-0.39, 0.29) is 11.3 Å². The van der Waals surface area contributed by atoms with Crippen molar-refractivity contribution >= 4 is 33.7 Å². The lowest BCUT2D eigenvalue weighted by molar-refractivity contribution is 0.414. The van der Waals surface area contributed by atoms with Crippen molar-refractivity contribution in [3.05, 3.63) is 69.7 Å². The number of fused-ring (bicyclic) bond motifs is 3. The van der Waals surface area contributed by atoms with Crippen molar-refractivity contribution in [3.8, 4) is 22.9 Å². The van der Waals surface area contributed by atoms with Gasteiger partial charge in [0.1, 0.15) is 16.7 Å². The van der Waals surface area contributed by atoms with Gasteiger partial charge in [-0.15, -0.1) is 5.10 Å². The number of methoxy groups -OCH3 is 1. The molecule has 0 fully saturated rings. The lowest BCUT2D eigenvalue weighted by Crippen LogP contribution is -2.07. The summed E-state index contributed by atoms with van der Waals surface area (Å²) in [5.41, 5.74) is 2.63. The van der Waals surface area contributed by atoms with Crippen LogP contribution in [0.5, 0.6) is 5.75 Å². The van der Waals surface area contributed by atoms with Crippen LogP contribution >= 0.6 is 11.6 Å². The Kier molecular flexibility index (Phi) is 4.22. The van der Waals surface area contributed by atoms with Crippen LogP contribution in [0.15, 0.2) is 57.7 Å². The average molecular weight is 420 g/mol. The van der Waals surface area contributed by atoms with Gasteiger partial charge in [0.05, 0.1) is 18.5 Å². The van der Waals surface area contributed by atoms with E-state index in [1.54, 1.807) is 43.0 Å². The predicted molar refractivity (Wildman–Crippen MR) is 112 cm³/mol. The second kappa shape index (κ2) is 6.93. The molecular weight excluding hydrogens is 406 g/mol. The molecule has 0 radical (unpaired) electrons. The molecule has 0 aliphatic carbocycles. The zero-order valence-corrected chi connectivity index (χ0v) is 16.7. The number of hydrogen-bond donors (Lipinski definition) is 0. The van der Waals surface area contributed by atoms with Gasteiger partial charge in [-0.1, -0.05) is 16.8 Å². The van der Waals surface area contributed by atoms with Crippen molar-refractivity contribution in [2.45, 2.75) is 6.92 Å². The number of hydrogen-bond acceptors (Lipinski definition) is 7. The van der Waals surface area contributed by atoms with Crippen LogP contribution < -0.4 is 10.4 Å². The highest BCUT2D eigenvalue weighted by Crippen LogP contribution is 2.26. The molecule has 0 spiro atoms. The van der Waals surface area contributed by atoms with E-state index in [9.17, 15) is 4.79 Å². The molecule has 0 amide bonds. The highest BCUT2D eigenvalue weighted by atomic mass is 35.5. The minimum absolute atomic E-state index is 0.176. The SMILES string of the molecule is COc1ccc(-n2nnc3c4nc(-c5ccc(Cl)cc5)oc(=O)c4c(C)nc32)cc1. The number of ether oxygens (including phenoxy) is 1. The predicted octanol–water partition coefficient (Wildman–Crippen LogP) is 3.95. The fourth-order valence-corrected chi connectivity index (χ4v) is 3.39. The molecule has 8 nitrogen and oxygen atoms in total. The highest BCUT2D eigenvalue weighted by molar-refractivity contribution is 6.30. The molecular formula is C21H14ClN5O3. The molecule has 9 heteroatoms. The molecule has 0 unspecified atom stereocenters. The Morgan fingerprint density at radius 2 is 1.73 bits per heavy atom. The first kappa shape index (κ1) is 18.3. The summed E-state index contributed by atoms with van der Waals surface area (Å²) in [6, 6.07) is 14.2. The number of aryl methyl sites for hydroxylation is 1. The Morgan fingerprint density at radius 1 is 1.00 bits per heavy atom. The molecule has 0 N–H and O–H groups in total. The molecule has 30 heavy (non-hydrogen) atoms. The van der Waals surface area contributed by atoms with Crippen LogP contribution in [0.2, 0.25) is 5.02 Å². The summed E-state index contributed by atoms with van der Waals surface area (Å²) in [6.07, 6.45) is 0. The number of rotatable bonds is 3. The van der Waals surface area contributed by atoms with E-state index in [1.165, 1.54) is 0 Å². The lowest BCUT2D eigenvalue weighted by atomic mass is 10.2. The smallest absolute Gasteiger partial charge is 0.349 e. The van der Waals surface area contributed by atoms with Gasteiger partial charge in [-0.3, -0.25) is 0 Å². The fourth-order valence-electron chi connectivity index (χ4n) is 3.26. The highest BCUT2D eigenvalue weighted by Gasteiger charge is 2.19. The topological polar surface area (TPSA) is 95.9 Å². The Bertz CT molecular complexity index is 1460. The van der Waals surface area contributed by atoms with E-state index < -0.39 is 5.63 Å². The van der Waals surface area contributed by atoms with Crippen LogP contribution in [0, 0.1) is 6.92 Å². The van der Waals surface area contributed by atoms with Gasteiger partial charge in [-0.05, 0) is 55.5 Å². The molecule has 0 saturated carbocycles. The van der Waals surface area contributed by atoms with Crippen molar-refractivity contribution < 1.29 is 9.15 Å². The largest absolute Gasteiger partial charge is 0.497 e. The van der Waals surface area contributed by atoms with Crippen molar-refractivity contribution in [1.29, 1.82) is 0 Å². The van der Waals surface area contributed by atoms with Gasteiger partial charge in [0.15, 0.2) is 11.2 Å². The van der Waals surface area contributed by atoms with Crippen LogP contribution in [-0.4, -0.2) is 32.1 Å². The van der Waals surface area contributed by atoms with Crippen LogP contribution in [-0.2, 0) is 0 Å². The first-order valence-corrected chi connectivity index (χ1v) is 9.40. The first-order valence-electron chi connectivity index (χ1n) is 9.02. The van der Waals surface area contributed by atoms with E-state index in [1.807, 2.05) is 24.3 Å². The molecule has 5 aromatic rings. The van der Waals surface area contributed by atoms with Gasteiger partial charge >= 0.3 is 5.63 Å². The van der Waals surface area contributed by atoms with E-state index in [4.69, 9.17) is 20.8 Å². The second-order valence-corrected chi connectivity index (χ2v) is 7.04. The molecule has 3 aromatic heterocycles. The van der Waals surface area contributed by atoms with E-state index in [0.717, 1.165) is 11.4 Å². The monoisotopic (exact) mass is 419 g/mol. The third kappa shape index (κ3) is 2.89. The summed E-state index contributed by atoms with van der Waals surface area (Å²) in [7, 11) is 1.60. The van der Waals surface area contributed by atoms with Crippen LogP contribution in [0.3, 0.4) is 0 Å². The zero-order chi connectivity index (χ0) is 20.8. The third-order valence-electron chi connectivity index (χ3n) is 4.76. The Morgan fingerprint density at radius 3 is 2.43 bits per heavy atom. The molecule has 3 heterocycles. The van der Waals surface area contributed by atoms with Crippen molar-refractivity contribution in [2.24, 2.45) is 0 Å². The second-order valence-electron chi connectivity index (χ2n) is 6.61. The quantitative estimate of drug-likeness (QED) is 0.436. The molecule has 5 rings (SSSR count). The summed E-state index contributed by atoms with van der Waals surface area (Å²) in [6.45, 7) is 1.73. The fraction of sp³-hybridized carbons (Fsp3) is 0.0952. The molecule has 0 atom stereocenters. The number of aromatic nitrogens is 5. The van der Waals surface area contributed by atoms with Gasteiger partial charge < -0.3 is 9.15 Å². The first-order chi connectivity index (χ1) is 14.5. The summed E-state index contributed by atoms with van der Waals surface area (Å²) in [5.74, 6) is 0.903. The van der Waals surface area contributed by atoms with E-state index in [0.29, 0.717) is 33.0 Å². The standard InChI is InChI=1S/C21H14ClN5O3/c1-11-16-17(24-20(30-21(16)28)12-3-5-13(22)6-4-12)18-19(23-11)27(26-25-18)14-7-9-15(29-2)10-8-14/h3-10H,1-2H3. The van der Waals surface area contributed by atoms with E-state index >= 15 is 0 Å². The Balaban J connectivity index is 1.77. The van der Waals surface area contributed by atoms with Gasteiger partial charge in [-0.25, -0.2) is 14.8 Å². The number of halogens is 1.